The lowest BCUT2D eigenvalue weighted by atomic mass is 9.95. The van der Waals surface area contributed by atoms with Gasteiger partial charge in [0.15, 0.2) is 0 Å². The molecule has 2 amide bonds. The van der Waals surface area contributed by atoms with Crippen LogP contribution in [0.3, 0.4) is 0 Å². The van der Waals surface area contributed by atoms with E-state index in [1.807, 2.05) is 23.1 Å². The summed E-state index contributed by atoms with van der Waals surface area (Å²) in [7, 11) is 0. The van der Waals surface area contributed by atoms with E-state index in [4.69, 9.17) is 0 Å². The number of piperidine rings is 1. The first-order chi connectivity index (χ1) is 13.1. The molecule has 0 saturated carbocycles. The lowest BCUT2D eigenvalue weighted by Crippen LogP contribution is -2.48. The van der Waals surface area contributed by atoms with E-state index < -0.39 is 0 Å². The van der Waals surface area contributed by atoms with E-state index in [2.05, 4.69) is 5.32 Å². The third kappa shape index (κ3) is 5.33. The highest BCUT2D eigenvalue weighted by Gasteiger charge is 2.26. The maximum absolute atomic E-state index is 12.7. The number of aryl methyl sites for hydroxylation is 1. The zero-order valence-corrected chi connectivity index (χ0v) is 15.4. The number of amides is 2. The number of carbonyl (C=O) groups is 2. The van der Waals surface area contributed by atoms with Gasteiger partial charge in [-0.2, -0.15) is 0 Å². The number of phenolic OH excluding ortho intramolecular Hbond substituents is 1. The predicted molar refractivity (Wildman–Crippen MR) is 105 cm³/mol. The average molecular weight is 366 g/mol. The van der Waals surface area contributed by atoms with E-state index in [1.165, 1.54) is 0 Å². The maximum Gasteiger partial charge on any atom is 0.251 e. The van der Waals surface area contributed by atoms with Crippen molar-refractivity contribution in [3.05, 3.63) is 65.7 Å². The third-order valence-electron chi connectivity index (χ3n) is 5.06. The van der Waals surface area contributed by atoms with Gasteiger partial charge in [-0.05, 0) is 61.9 Å². The average Bonchev–Trinajstić information content (AvgIpc) is 2.71. The number of phenols is 1. The normalized spacial score (nSPS) is 16.7. The highest BCUT2D eigenvalue weighted by Crippen LogP contribution is 2.22. The van der Waals surface area contributed by atoms with E-state index in [9.17, 15) is 14.7 Å². The van der Waals surface area contributed by atoms with Gasteiger partial charge in [-0.1, -0.05) is 30.3 Å². The molecule has 3 rings (SSSR count). The Morgan fingerprint density at radius 1 is 1.07 bits per heavy atom. The second kappa shape index (κ2) is 9.21. The molecule has 0 radical (unpaired) electrons. The van der Waals surface area contributed by atoms with Crippen molar-refractivity contribution in [1.82, 2.24) is 10.2 Å². The Labute approximate surface area is 160 Å². The molecule has 1 saturated heterocycles. The summed E-state index contributed by atoms with van der Waals surface area (Å²) in [4.78, 5) is 26.7. The van der Waals surface area contributed by atoms with Crippen LogP contribution in [-0.2, 0) is 11.2 Å². The summed E-state index contributed by atoms with van der Waals surface area (Å²) in [5.41, 5.74) is 1.63. The van der Waals surface area contributed by atoms with Crippen LogP contribution in [0.25, 0.3) is 0 Å². The standard InChI is InChI=1S/C22H26N2O3/c25-20-11-6-7-17(15-20)12-13-19-10-4-5-14-24(19)21(26)16-23-22(27)18-8-2-1-3-9-18/h1-3,6-9,11,15,19,25H,4-5,10,12-14,16H2,(H,23,27). The summed E-state index contributed by atoms with van der Waals surface area (Å²) in [5, 5.41) is 12.3. The number of hydrogen-bond acceptors (Lipinski definition) is 3. The third-order valence-corrected chi connectivity index (χ3v) is 5.06. The van der Waals surface area contributed by atoms with E-state index in [-0.39, 0.29) is 30.2 Å². The van der Waals surface area contributed by atoms with Gasteiger partial charge < -0.3 is 15.3 Å². The van der Waals surface area contributed by atoms with Crippen LogP contribution >= 0.6 is 0 Å². The second-order valence-electron chi connectivity index (χ2n) is 6.99. The van der Waals surface area contributed by atoms with Gasteiger partial charge in [0.05, 0.1) is 6.54 Å². The Balaban J connectivity index is 1.54. The summed E-state index contributed by atoms with van der Waals surface area (Å²) in [6, 6.07) is 16.4. The Bertz CT molecular complexity index is 776. The molecule has 2 N–H and O–H groups in total. The van der Waals surface area contributed by atoms with E-state index >= 15 is 0 Å². The Morgan fingerprint density at radius 3 is 2.67 bits per heavy atom. The quantitative estimate of drug-likeness (QED) is 0.825. The first kappa shape index (κ1) is 19.0. The number of rotatable bonds is 6. The van der Waals surface area contributed by atoms with Crippen LogP contribution < -0.4 is 5.32 Å². The maximum atomic E-state index is 12.7. The monoisotopic (exact) mass is 366 g/mol. The zero-order valence-electron chi connectivity index (χ0n) is 15.4. The van der Waals surface area contributed by atoms with Crippen LogP contribution in [0.15, 0.2) is 54.6 Å². The summed E-state index contributed by atoms with van der Waals surface area (Å²) in [6.45, 7) is 0.765. The summed E-state index contributed by atoms with van der Waals surface area (Å²) in [5.74, 6) is 0.0184. The van der Waals surface area contributed by atoms with Crippen LogP contribution in [0.5, 0.6) is 5.75 Å². The number of likely N-dealkylation sites (tertiary alicyclic amines) is 1. The molecular formula is C22H26N2O3. The molecule has 0 bridgehead atoms. The molecular weight excluding hydrogens is 340 g/mol. The van der Waals surface area contributed by atoms with Crippen molar-refractivity contribution in [2.24, 2.45) is 0 Å². The number of nitrogens with zero attached hydrogens (tertiary/aromatic N) is 1. The number of nitrogens with one attached hydrogen (secondary N) is 1. The van der Waals surface area contributed by atoms with Crippen molar-refractivity contribution in [2.75, 3.05) is 13.1 Å². The zero-order chi connectivity index (χ0) is 19.1. The van der Waals surface area contributed by atoms with Crippen LogP contribution in [-0.4, -0.2) is 41.0 Å². The number of hydrogen-bond donors (Lipinski definition) is 2. The predicted octanol–water partition coefficient (Wildman–Crippen LogP) is 3.14. The molecule has 2 aromatic rings. The molecule has 1 unspecified atom stereocenters. The first-order valence-electron chi connectivity index (χ1n) is 9.54. The molecule has 5 nitrogen and oxygen atoms in total. The fraction of sp³-hybridized carbons (Fsp3) is 0.364. The molecule has 1 fully saturated rings. The summed E-state index contributed by atoms with van der Waals surface area (Å²) in [6.07, 6.45) is 4.78. The minimum absolute atomic E-state index is 0.0242. The van der Waals surface area contributed by atoms with Crippen LogP contribution in [0.1, 0.15) is 41.6 Å². The molecule has 1 aliphatic rings. The van der Waals surface area contributed by atoms with Crippen molar-refractivity contribution in [3.63, 3.8) is 0 Å². The Kier molecular flexibility index (Phi) is 6.47. The number of benzene rings is 2. The molecule has 1 atom stereocenters. The topological polar surface area (TPSA) is 69.6 Å². The lowest BCUT2D eigenvalue weighted by molar-refractivity contribution is -0.133. The Morgan fingerprint density at radius 2 is 1.89 bits per heavy atom. The molecule has 27 heavy (non-hydrogen) atoms. The van der Waals surface area contributed by atoms with Gasteiger partial charge in [-0.3, -0.25) is 9.59 Å². The van der Waals surface area contributed by atoms with Crippen molar-refractivity contribution >= 4 is 11.8 Å². The fourth-order valence-corrected chi connectivity index (χ4v) is 3.62. The molecule has 142 valence electrons. The van der Waals surface area contributed by atoms with E-state index in [0.29, 0.717) is 5.56 Å². The van der Waals surface area contributed by atoms with Crippen molar-refractivity contribution in [2.45, 2.75) is 38.1 Å². The number of aromatic hydroxyl groups is 1. The smallest absolute Gasteiger partial charge is 0.251 e. The van der Waals surface area contributed by atoms with Gasteiger partial charge in [0.25, 0.3) is 5.91 Å². The van der Waals surface area contributed by atoms with Gasteiger partial charge in [0.2, 0.25) is 5.91 Å². The molecule has 0 spiro atoms. The largest absolute Gasteiger partial charge is 0.508 e. The first-order valence-corrected chi connectivity index (χ1v) is 9.54. The lowest BCUT2D eigenvalue weighted by Gasteiger charge is -2.36. The van der Waals surface area contributed by atoms with Gasteiger partial charge in [0, 0.05) is 18.2 Å². The fourth-order valence-electron chi connectivity index (χ4n) is 3.62. The van der Waals surface area contributed by atoms with Crippen molar-refractivity contribution in [1.29, 1.82) is 0 Å². The minimum atomic E-state index is -0.225. The van der Waals surface area contributed by atoms with Gasteiger partial charge in [-0.25, -0.2) is 0 Å². The van der Waals surface area contributed by atoms with Gasteiger partial charge in [0.1, 0.15) is 5.75 Å². The molecule has 5 heteroatoms. The van der Waals surface area contributed by atoms with Crippen molar-refractivity contribution < 1.29 is 14.7 Å². The minimum Gasteiger partial charge on any atom is -0.508 e. The molecule has 1 aliphatic heterocycles. The van der Waals surface area contributed by atoms with Gasteiger partial charge >= 0.3 is 0 Å². The van der Waals surface area contributed by atoms with E-state index in [0.717, 1.165) is 44.2 Å². The summed E-state index contributed by atoms with van der Waals surface area (Å²) < 4.78 is 0. The van der Waals surface area contributed by atoms with Crippen LogP contribution in [0.2, 0.25) is 0 Å². The molecule has 2 aromatic carbocycles. The number of carbonyl (C=O) groups excluding carboxylic acids is 2. The van der Waals surface area contributed by atoms with Crippen molar-refractivity contribution in [3.8, 4) is 5.75 Å². The summed E-state index contributed by atoms with van der Waals surface area (Å²) >= 11 is 0. The molecule has 0 aliphatic carbocycles. The van der Waals surface area contributed by atoms with Gasteiger partial charge in [-0.15, -0.1) is 0 Å². The SMILES string of the molecule is O=C(NCC(=O)N1CCCCC1CCc1cccc(O)c1)c1ccccc1. The van der Waals surface area contributed by atoms with Crippen LogP contribution in [0, 0.1) is 0 Å². The van der Waals surface area contributed by atoms with Crippen LogP contribution in [0.4, 0.5) is 0 Å². The second-order valence-corrected chi connectivity index (χ2v) is 6.99. The Hall–Kier alpha value is -2.82. The molecule has 1 heterocycles. The molecule has 0 aromatic heterocycles. The van der Waals surface area contributed by atoms with E-state index in [1.54, 1.807) is 36.4 Å². The highest BCUT2D eigenvalue weighted by molar-refractivity contribution is 5.96. The highest BCUT2D eigenvalue weighted by atomic mass is 16.3.